The fraction of sp³-hybridized carbons (Fsp3) is 0.222. The first kappa shape index (κ1) is 16.6. The number of pyridine rings is 1. The summed E-state index contributed by atoms with van der Waals surface area (Å²) in [5, 5.41) is 10.8. The third-order valence-electron chi connectivity index (χ3n) is 3.63. The van der Waals surface area contributed by atoms with Crippen molar-refractivity contribution in [3.63, 3.8) is 0 Å². The molecule has 0 aliphatic carbocycles. The van der Waals surface area contributed by atoms with Gasteiger partial charge in [-0.2, -0.15) is 0 Å². The molecule has 0 aliphatic heterocycles. The van der Waals surface area contributed by atoms with Gasteiger partial charge in [-0.3, -0.25) is 4.79 Å². The molecule has 0 fully saturated rings. The van der Waals surface area contributed by atoms with Gasteiger partial charge >= 0.3 is 0 Å². The van der Waals surface area contributed by atoms with Gasteiger partial charge in [-0.25, -0.2) is 9.67 Å². The monoisotopic (exact) mass is 337 g/mol. The van der Waals surface area contributed by atoms with Gasteiger partial charge in [0.25, 0.3) is 0 Å². The topological polar surface area (TPSA) is 81.9 Å². The van der Waals surface area contributed by atoms with Crippen LogP contribution in [0.3, 0.4) is 0 Å². The number of nitrogens with zero attached hydrogens (tertiary/aromatic N) is 4. The number of anilines is 1. The van der Waals surface area contributed by atoms with E-state index in [1.54, 1.807) is 25.4 Å². The van der Waals surface area contributed by atoms with Gasteiger partial charge in [-0.1, -0.05) is 29.5 Å². The van der Waals surface area contributed by atoms with E-state index in [1.807, 2.05) is 43.3 Å². The summed E-state index contributed by atoms with van der Waals surface area (Å²) in [4.78, 5) is 16.5. The molecular weight excluding hydrogens is 318 g/mol. The normalized spacial score (nSPS) is 11.8. The number of benzene rings is 1. The van der Waals surface area contributed by atoms with Gasteiger partial charge in [0.1, 0.15) is 29.9 Å². The molecule has 128 valence electrons. The highest BCUT2D eigenvalue weighted by atomic mass is 16.5. The smallest absolute Gasteiger partial charge is 0.250 e. The van der Waals surface area contributed by atoms with Gasteiger partial charge in [-0.15, -0.1) is 5.10 Å². The summed E-state index contributed by atoms with van der Waals surface area (Å²) in [6, 6.07) is 12.6. The highest BCUT2D eigenvalue weighted by molar-refractivity contribution is 5.92. The van der Waals surface area contributed by atoms with Crippen molar-refractivity contribution in [3.8, 4) is 5.75 Å². The van der Waals surface area contributed by atoms with Crippen molar-refractivity contribution in [2.75, 3.05) is 5.32 Å². The number of hydrogen-bond acceptors (Lipinski definition) is 5. The molecule has 0 radical (unpaired) electrons. The van der Waals surface area contributed by atoms with Gasteiger partial charge in [0.15, 0.2) is 0 Å². The van der Waals surface area contributed by atoms with Crippen molar-refractivity contribution in [1.29, 1.82) is 0 Å². The molecule has 0 spiro atoms. The van der Waals surface area contributed by atoms with E-state index in [-0.39, 0.29) is 12.5 Å². The summed E-state index contributed by atoms with van der Waals surface area (Å²) in [5.41, 5.74) is 1.68. The van der Waals surface area contributed by atoms with E-state index in [0.717, 1.165) is 11.3 Å². The van der Waals surface area contributed by atoms with Crippen molar-refractivity contribution < 1.29 is 9.53 Å². The average molecular weight is 337 g/mol. The Balaban J connectivity index is 1.58. The number of para-hydroxylation sites is 1. The summed E-state index contributed by atoms with van der Waals surface area (Å²) >= 11 is 0. The Morgan fingerprint density at radius 3 is 2.76 bits per heavy atom. The Kier molecular flexibility index (Phi) is 5.03. The molecule has 3 aromatic rings. The van der Waals surface area contributed by atoms with Crippen molar-refractivity contribution in [2.24, 2.45) is 0 Å². The minimum absolute atomic E-state index is 0.211. The lowest BCUT2D eigenvalue weighted by atomic mass is 10.3. The zero-order valence-electron chi connectivity index (χ0n) is 14.1. The summed E-state index contributed by atoms with van der Waals surface area (Å²) in [6.45, 7) is 3.98. The molecule has 25 heavy (non-hydrogen) atoms. The molecule has 3 rings (SSSR count). The Hall–Kier alpha value is -3.22. The van der Waals surface area contributed by atoms with E-state index in [2.05, 4.69) is 20.6 Å². The van der Waals surface area contributed by atoms with E-state index in [0.29, 0.717) is 11.5 Å². The highest BCUT2D eigenvalue weighted by Gasteiger charge is 2.17. The first-order valence-corrected chi connectivity index (χ1v) is 7.94. The number of aryl methyl sites for hydroxylation is 1. The maximum atomic E-state index is 12.3. The fourth-order valence-electron chi connectivity index (χ4n) is 2.14. The molecule has 1 aromatic carbocycles. The summed E-state index contributed by atoms with van der Waals surface area (Å²) in [6.07, 6.45) is 3.41. The lowest BCUT2D eigenvalue weighted by Gasteiger charge is -2.11. The fourth-order valence-corrected chi connectivity index (χ4v) is 2.14. The lowest BCUT2D eigenvalue weighted by Crippen LogP contribution is -2.24. The van der Waals surface area contributed by atoms with E-state index in [1.165, 1.54) is 4.68 Å². The summed E-state index contributed by atoms with van der Waals surface area (Å²) in [5.74, 6) is 1.06. The first-order chi connectivity index (χ1) is 12.1. The van der Waals surface area contributed by atoms with Crippen LogP contribution in [0.15, 0.2) is 54.9 Å². The third kappa shape index (κ3) is 4.41. The minimum atomic E-state index is -0.513. The third-order valence-corrected chi connectivity index (χ3v) is 3.63. The van der Waals surface area contributed by atoms with Crippen molar-refractivity contribution in [1.82, 2.24) is 20.0 Å². The molecular formula is C18H19N5O2. The Morgan fingerprint density at radius 1 is 1.24 bits per heavy atom. The van der Waals surface area contributed by atoms with E-state index >= 15 is 0 Å². The molecule has 7 nitrogen and oxygen atoms in total. The predicted octanol–water partition coefficient (Wildman–Crippen LogP) is 2.76. The average Bonchev–Trinajstić information content (AvgIpc) is 3.11. The highest BCUT2D eigenvalue weighted by Crippen LogP contribution is 2.13. The van der Waals surface area contributed by atoms with Crippen LogP contribution in [0, 0.1) is 6.92 Å². The van der Waals surface area contributed by atoms with Gasteiger partial charge in [0, 0.05) is 6.20 Å². The van der Waals surface area contributed by atoms with Crippen LogP contribution >= 0.6 is 0 Å². The van der Waals surface area contributed by atoms with Crippen molar-refractivity contribution in [3.05, 3.63) is 66.1 Å². The molecule has 0 bridgehead atoms. The molecule has 0 unspecified atom stereocenters. The van der Waals surface area contributed by atoms with E-state index in [9.17, 15) is 4.79 Å². The molecule has 1 atom stereocenters. The van der Waals surface area contributed by atoms with Crippen LogP contribution < -0.4 is 10.1 Å². The second-order valence-corrected chi connectivity index (χ2v) is 5.68. The second kappa shape index (κ2) is 7.57. The number of carbonyl (C=O) groups excluding carboxylic acids is 1. The maximum absolute atomic E-state index is 12.3. The van der Waals surface area contributed by atoms with Crippen LogP contribution in [0.5, 0.6) is 5.75 Å². The molecule has 2 heterocycles. The van der Waals surface area contributed by atoms with E-state index < -0.39 is 6.04 Å². The zero-order chi connectivity index (χ0) is 17.6. The number of hydrogen-bond donors (Lipinski definition) is 1. The summed E-state index contributed by atoms with van der Waals surface area (Å²) < 4.78 is 7.13. The molecule has 7 heteroatoms. The molecule has 0 saturated heterocycles. The molecule has 1 amide bonds. The lowest BCUT2D eigenvalue weighted by molar-refractivity contribution is -0.119. The molecule has 0 saturated carbocycles. The van der Waals surface area contributed by atoms with E-state index in [4.69, 9.17) is 4.74 Å². The van der Waals surface area contributed by atoms with Gasteiger partial charge < -0.3 is 10.1 Å². The van der Waals surface area contributed by atoms with Gasteiger partial charge in [0.2, 0.25) is 5.91 Å². The number of aromatic nitrogens is 4. The van der Waals surface area contributed by atoms with Crippen LogP contribution in [0.4, 0.5) is 5.82 Å². The Morgan fingerprint density at radius 2 is 2.04 bits per heavy atom. The van der Waals surface area contributed by atoms with Crippen molar-refractivity contribution >= 4 is 11.7 Å². The zero-order valence-corrected chi connectivity index (χ0v) is 14.1. The first-order valence-electron chi connectivity index (χ1n) is 7.94. The second-order valence-electron chi connectivity index (χ2n) is 5.68. The van der Waals surface area contributed by atoms with Gasteiger partial charge in [-0.05, 0) is 37.6 Å². The SMILES string of the molecule is Cc1ccc(NC(=O)[C@@H](C)n2cc(COc3ccccc3)nn2)nc1. The van der Waals surface area contributed by atoms with Crippen molar-refractivity contribution in [2.45, 2.75) is 26.5 Å². The van der Waals surface area contributed by atoms with Crippen LogP contribution in [-0.4, -0.2) is 25.9 Å². The van der Waals surface area contributed by atoms with Crippen LogP contribution in [0.25, 0.3) is 0 Å². The van der Waals surface area contributed by atoms with Gasteiger partial charge in [0.05, 0.1) is 6.20 Å². The largest absolute Gasteiger partial charge is 0.487 e. The minimum Gasteiger partial charge on any atom is -0.487 e. The molecule has 0 aliphatic rings. The Labute approximate surface area is 145 Å². The van der Waals surface area contributed by atoms with Crippen LogP contribution in [0.1, 0.15) is 24.2 Å². The Bertz CT molecular complexity index is 830. The van der Waals surface area contributed by atoms with Crippen LogP contribution in [0.2, 0.25) is 0 Å². The number of ether oxygens (including phenoxy) is 1. The molecule has 1 N–H and O–H groups in total. The molecule has 2 aromatic heterocycles. The standard InChI is InChI=1S/C18H19N5O2/c1-13-8-9-17(19-10-13)20-18(24)14(2)23-11-15(21-22-23)12-25-16-6-4-3-5-7-16/h3-11,14H,12H2,1-2H3,(H,19,20,24)/t14-/m1/s1. The summed E-state index contributed by atoms with van der Waals surface area (Å²) in [7, 11) is 0. The number of carbonyl (C=O) groups is 1. The number of rotatable bonds is 6. The maximum Gasteiger partial charge on any atom is 0.250 e. The predicted molar refractivity (Wildman–Crippen MR) is 93.1 cm³/mol. The number of nitrogens with one attached hydrogen (secondary N) is 1. The van der Waals surface area contributed by atoms with Crippen LogP contribution in [-0.2, 0) is 11.4 Å². The quantitative estimate of drug-likeness (QED) is 0.748. The number of amides is 1.